The number of amides is 2. The van der Waals surface area contributed by atoms with Gasteiger partial charge in [-0.05, 0) is 30.5 Å². The summed E-state index contributed by atoms with van der Waals surface area (Å²) in [4.78, 5) is 24.8. The fourth-order valence-electron chi connectivity index (χ4n) is 3.08. The summed E-state index contributed by atoms with van der Waals surface area (Å²) in [6.07, 6.45) is 1.65. The summed E-state index contributed by atoms with van der Waals surface area (Å²) in [6.45, 7) is 3.08. The van der Waals surface area contributed by atoms with Crippen LogP contribution >= 0.6 is 0 Å². The molecule has 2 heterocycles. The van der Waals surface area contributed by atoms with Gasteiger partial charge < -0.3 is 24.8 Å². The number of carbonyl (C=O) groups excluding carboxylic acids is 1. The second-order valence-electron chi connectivity index (χ2n) is 6.10. The minimum Gasteiger partial charge on any atom is -0.478 e. The number of likely N-dealkylation sites (tertiary alicyclic amines) is 1. The first-order valence-corrected chi connectivity index (χ1v) is 8.21. The molecule has 2 aliphatic heterocycles. The zero-order valence-electron chi connectivity index (χ0n) is 13.4. The van der Waals surface area contributed by atoms with Crippen molar-refractivity contribution in [3.05, 3.63) is 35.4 Å². The van der Waals surface area contributed by atoms with Gasteiger partial charge >= 0.3 is 12.0 Å². The smallest absolute Gasteiger partial charge is 0.335 e. The number of ether oxygens (including phenoxy) is 2. The van der Waals surface area contributed by atoms with Crippen molar-refractivity contribution in [1.82, 2.24) is 10.2 Å². The van der Waals surface area contributed by atoms with E-state index in [1.54, 1.807) is 17.0 Å². The summed E-state index contributed by atoms with van der Waals surface area (Å²) >= 11 is 0. The average molecular weight is 334 g/mol. The maximum atomic E-state index is 12.2. The minimum atomic E-state index is -0.955. The Hall–Kier alpha value is -2.12. The topological polar surface area (TPSA) is 88.1 Å². The fourth-order valence-corrected chi connectivity index (χ4v) is 3.08. The van der Waals surface area contributed by atoms with Crippen LogP contribution in [-0.2, 0) is 16.0 Å². The van der Waals surface area contributed by atoms with E-state index < -0.39 is 5.97 Å². The van der Waals surface area contributed by atoms with E-state index in [4.69, 9.17) is 14.6 Å². The lowest BCUT2D eigenvalue weighted by Crippen LogP contribution is -2.45. The number of carboxylic acid groups (broad SMARTS) is 1. The van der Waals surface area contributed by atoms with Crippen molar-refractivity contribution in [3.63, 3.8) is 0 Å². The van der Waals surface area contributed by atoms with Crippen LogP contribution in [0.2, 0.25) is 0 Å². The third kappa shape index (κ3) is 4.04. The first-order chi connectivity index (χ1) is 11.6. The van der Waals surface area contributed by atoms with E-state index in [1.165, 1.54) is 12.1 Å². The van der Waals surface area contributed by atoms with E-state index >= 15 is 0 Å². The second kappa shape index (κ2) is 7.63. The summed E-state index contributed by atoms with van der Waals surface area (Å²) in [5.41, 5.74) is 1.11. The van der Waals surface area contributed by atoms with Gasteiger partial charge in [-0.3, -0.25) is 0 Å². The Bertz CT molecular complexity index is 575. The molecule has 7 nitrogen and oxygen atoms in total. The van der Waals surface area contributed by atoms with Crippen LogP contribution in [0.5, 0.6) is 0 Å². The number of urea groups is 1. The highest BCUT2D eigenvalue weighted by Crippen LogP contribution is 2.25. The molecule has 24 heavy (non-hydrogen) atoms. The molecule has 2 saturated heterocycles. The number of aromatic carboxylic acids is 1. The van der Waals surface area contributed by atoms with Crippen molar-refractivity contribution < 1.29 is 24.2 Å². The van der Waals surface area contributed by atoms with Crippen molar-refractivity contribution in [2.24, 2.45) is 5.92 Å². The van der Waals surface area contributed by atoms with Gasteiger partial charge in [-0.2, -0.15) is 0 Å². The zero-order valence-corrected chi connectivity index (χ0v) is 13.4. The SMILES string of the molecule is O=C(O)c1ccc(CNC(=O)N2CCC(C3OCCO3)CC2)cc1. The molecule has 0 radical (unpaired) electrons. The third-order valence-electron chi connectivity index (χ3n) is 4.50. The number of hydrogen-bond donors (Lipinski definition) is 2. The van der Waals surface area contributed by atoms with Crippen molar-refractivity contribution in [1.29, 1.82) is 0 Å². The molecular weight excluding hydrogens is 312 g/mol. The molecule has 2 N–H and O–H groups in total. The Morgan fingerprint density at radius 1 is 1.12 bits per heavy atom. The largest absolute Gasteiger partial charge is 0.478 e. The Morgan fingerprint density at radius 3 is 2.33 bits per heavy atom. The molecule has 0 spiro atoms. The molecule has 2 amide bonds. The predicted octanol–water partition coefficient (Wildman–Crippen LogP) is 1.68. The Morgan fingerprint density at radius 2 is 1.75 bits per heavy atom. The summed E-state index contributed by atoms with van der Waals surface area (Å²) in [5.74, 6) is -0.594. The average Bonchev–Trinajstić information content (AvgIpc) is 3.15. The molecule has 0 saturated carbocycles. The third-order valence-corrected chi connectivity index (χ3v) is 4.50. The predicted molar refractivity (Wildman–Crippen MR) is 85.6 cm³/mol. The van der Waals surface area contributed by atoms with Crippen LogP contribution in [0.15, 0.2) is 24.3 Å². The molecule has 1 aromatic rings. The van der Waals surface area contributed by atoms with Crippen LogP contribution in [0.1, 0.15) is 28.8 Å². The summed E-state index contributed by atoms with van der Waals surface area (Å²) in [7, 11) is 0. The maximum Gasteiger partial charge on any atom is 0.335 e. The quantitative estimate of drug-likeness (QED) is 0.875. The molecule has 1 aromatic carbocycles. The molecule has 3 rings (SSSR count). The molecule has 2 aliphatic rings. The highest BCUT2D eigenvalue weighted by atomic mass is 16.7. The van der Waals surface area contributed by atoms with Gasteiger partial charge in [-0.25, -0.2) is 9.59 Å². The lowest BCUT2D eigenvalue weighted by molar-refractivity contribution is -0.0952. The molecule has 0 unspecified atom stereocenters. The van der Waals surface area contributed by atoms with Crippen LogP contribution in [0.3, 0.4) is 0 Å². The fraction of sp³-hybridized carbons (Fsp3) is 0.529. The Labute approximate surface area is 140 Å². The lowest BCUT2D eigenvalue weighted by Gasteiger charge is -2.33. The van der Waals surface area contributed by atoms with Crippen LogP contribution < -0.4 is 5.32 Å². The molecule has 0 aliphatic carbocycles. The summed E-state index contributed by atoms with van der Waals surface area (Å²) in [5, 5.41) is 11.7. The molecule has 7 heteroatoms. The van der Waals surface area contributed by atoms with E-state index in [9.17, 15) is 9.59 Å². The van der Waals surface area contributed by atoms with E-state index in [0.29, 0.717) is 38.8 Å². The van der Waals surface area contributed by atoms with Crippen LogP contribution in [0.25, 0.3) is 0 Å². The number of nitrogens with zero attached hydrogens (tertiary/aromatic N) is 1. The van der Waals surface area contributed by atoms with Crippen LogP contribution in [0, 0.1) is 5.92 Å². The lowest BCUT2D eigenvalue weighted by atomic mass is 9.96. The maximum absolute atomic E-state index is 12.2. The van der Waals surface area contributed by atoms with Gasteiger partial charge in [0.1, 0.15) is 0 Å². The van der Waals surface area contributed by atoms with Gasteiger partial charge in [0, 0.05) is 25.6 Å². The number of carboxylic acids is 1. The van der Waals surface area contributed by atoms with Gasteiger partial charge in [0.25, 0.3) is 0 Å². The number of carbonyl (C=O) groups is 2. The van der Waals surface area contributed by atoms with E-state index in [1.807, 2.05) is 0 Å². The number of piperidine rings is 1. The summed E-state index contributed by atoms with van der Waals surface area (Å²) in [6, 6.07) is 6.41. The zero-order chi connectivity index (χ0) is 16.9. The van der Waals surface area contributed by atoms with Gasteiger partial charge in [0.15, 0.2) is 6.29 Å². The number of nitrogens with one attached hydrogen (secondary N) is 1. The first kappa shape index (κ1) is 16.7. The van der Waals surface area contributed by atoms with E-state index in [2.05, 4.69) is 5.32 Å². The minimum absolute atomic E-state index is 0.0935. The molecule has 0 atom stereocenters. The van der Waals surface area contributed by atoms with Gasteiger partial charge in [0.2, 0.25) is 0 Å². The van der Waals surface area contributed by atoms with Gasteiger partial charge in [-0.15, -0.1) is 0 Å². The molecule has 2 fully saturated rings. The highest BCUT2D eigenvalue weighted by molar-refractivity contribution is 5.87. The highest BCUT2D eigenvalue weighted by Gasteiger charge is 2.31. The first-order valence-electron chi connectivity index (χ1n) is 8.21. The number of rotatable bonds is 4. The van der Waals surface area contributed by atoms with E-state index in [0.717, 1.165) is 18.4 Å². The van der Waals surface area contributed by atoms with Crippen molar-refractivity contribution in [3.8, 4) is 0 Å². The summed E-state index contributed by atoms with van der Waals surface area (Å²) < 4.78 is 11.1. The second-order valence-corrected chi connectivity index (χ2v) is 6.10. The molecule has 0 aromatic heterocycles. The Balaban J connectivity index is 1.43. The van der Waals surface area contributed by atoms with Crippen LogP contribution in [-0.4, -0.2) is 54.6 Å². The van der Waals surface area contributed by atoms with Crippen molar-refractivity contribution in [2.75, 3.05) is 26.3 Å². The molecule has 0 bridgehead atoms. The number of hydrogen-bond acceptors (Lipinski definition) is 4. The monoisotopic (exact) mass is 334 g/mol. The molecule has 130 valence electrons. The van der Waals surface area contributed by atoms with E-state index in [-0.39, 0.29) is 17.9 Å². The Kier molecular flexibility index (Phi) is 5.32. The van der Waals surface area contributed by atoms with Gasteiger partial charge in [0.05, 0.1) is 18.8 Å². The van der Waals surface area contributed by atoms with Crippen LogP contribution in [0.4, 0.5) is 4.79 Å². The normalized spacial score (nSPS) is 19.4. The number of benzene rings is 1. The van der Waals surface area contributed by atoms with Crippen molar-refractivity contribution in [2.45, 2.75) is 25.7 Å². The van der Waals surface area contributed by atoms with Crippen molar-refractivity contribution >= 4 is 12.0 Å². The standard InChI is InChI=1S/C17H22N2O5/c20-15(21)13-3-1-12(2-4-13)11-18-17(22)19-7-5-14(6-8-19)16-23-9-10-24-16/h1-4,14,16H,5-11H2,(H,18,22)(H,20,21). The van der Waals surface area contributed by atoms with Gasteiger partial charge in [-0.1, -0.05) is 12.1 Å². The molecular formula is C17H22N2O5.